The molecule has 1 rings (SSSR count). The van der Waals surface area contributed by atoms with Crippen molar-refractivity contribution < 1.29 is 9.53 Å². The number of nitrogens with zero attached hydrogens (tertiary/aromatic N) is 2. The minimum atomic E-state index is 0.574. The van der Waals surface area contributed by atoms with Gasteiger partial charge in [0.2, 0.25) is 5.76 Å². The molecule has 0 bridgehead atoms. The van der Waals surface area contributed by atoms with Crippen LogP contribution < -0.4 is 0 Å². The summed E-state index contributed by atoms with van der Waals surface area (Å²) in [6.07, 6.45) is 6.17. The smallest absolute Gasteiger partial charge is 0.337 e. The van der Waals surface area contributed by atoms with Gasteiger partial charge in [-0.3, -0.25) is 0 Å². The number of ether oxygens (including phenoxy) is 1. The molecule has 0 spiro atoms. The molecule has 0 saturated heterocycles. The summed E-state index contributed by atoms with van der Waals surface area (Å²) in [6.45, 7) is 0. The van der Waals surface area contributed by atoms with E-state index in [2.05, 4.69) is 4.79 Å². The van der Waals surface area contributed by atoms with Gasteiger partial charge >= 0.3 is 5.71 Å². The molecule has 0 saturated carbocycles. The molecule has 10 heavy (non-hydrogen) atoms. The Morgan fingerprint density at radius 2 is 2.50 bits per heavy atom. The van der Waals surface area contributed by atoms with Crippen LogP contribution in [0.3, 0.4) is 0 Å². The molecular weight excluding hydrogens is 128 g/mol. The molecular formula is C7H8N2O. The second kappa shape index (κ2) is 2.99. The van der Waals surface area contributed by atoms with Crippen LogP contribution in [-0.2, 0) is 4.74 Å². The maximum absolute atomic E-state index is 8.43. The second-order valence-electron chi connectivity index (χ2n) is 1.91. The van der Waals surface area contributed by atoms with Crippen molar-refractivity contribution in [1.29, 1.82) is 0 Å². The van der Waals surface area contributed by atoms with Crippen LogP contribution in [0.4, 0.5) is 0 Å². The lowest BCUT2D eigenvalue weighted by atomic mass is 10.1. The number of hydrogen-bond donors (Lipinski definition) is 0. The van der Waals surface area contributed by atoms with Crippen LogP contribution in [-0.4, -0.2) is 17.6 Å². The monoisotopic (exact) mass is 136 g/mol. The van der Waals surface area contributed by atoms with Gasteiger partial charge in [-0.15, -0.1) is 0 Å². The average molecular weight is 136 g/mol. The fourth-order valence-electron chi connectivity index (χ4n) is 0.808. The highest BCUT2D eigenvalue weighted by Crippen LogP contribution is 2.07. The zero-order valence-corrected chi connectivity index (χ0v) is 5.74. The maximum Gasteiger partial charge on any atom is 0.337 e. The largest absolute Gasteiger partial charge is 0.490 e. The van der Waals surface area contributed by atoms with Crippen LogP contribution in [0.1, 0.15) is 6.42 Å². The van der Waals surface area contributed by atoms with Crippen molar-refractivity contribution in [1.82, 2.24) is 0 Å². The molecule has 3 nitrogen and oxygen atoms in total. The Balaban J connectivity index is 2.91. The summed E-state index contributed by atoms with van der Waals surface area (Å²) in [5, 5.41) is 0. The van der Waals surface area contributed by atoms with E-state index in [0.29, 0.717) is 17.9 Å². The lowest BCUT2D eigenvalue weighted by Gasteiger charge is -2.00. The Hall–Kier alpha value is -1.34. The first-order chi connectivity index (χ1) is 4.88. The van der Waals surface area contributed by atoms with E-state index in [0.717, 1.165) is 0 Å². The van der Waals surface area contributed by atoms with Crippen LogP contribution >= 0.6 is 0 Å². The van der Waals surface area contributed by atoms with Crippen molar-refractivity contribution in [3.05, 3.63) is 29.5 Å². The summed E-state index contributed by atoms with van der Waals surface area (Å²) in [5.74, 6) is 0.630. The molecule has 1 aliphatic carbocycles. The van der Waals surface area contributed by atoms with Crippen LogP contribution in [0.25, 0.3) is 5.53 Å². The summed E-state index contributed by atoms with van der Waals surface area (Å²) >= 11 is 0. The van der Waals surface area contributed by atoms with E-state index in [4.69, 9.17) is 10.3 Å². The molecule has 0 aromatic rings. The van der Waals surface area contributed by atoms with Crippen LogP contribution in [0.2, 0.25) is 0 Å². The van der Waals surface area contributed by atoms with Gasteiger partial charge < -0.3 is 10.3 Å². The molecule has 0 aromatic heterocycles. The highest BCUT2D eigenvalue weighted by atomic mass is 16.5. The summed E-state index contributed by atoms with van der Waals surface area (Å²) in [4.78, 5) is 3.07. The van der Waals surface area contributed by atoms with E-state index in [1.54, 1.807) is 13.2 Å². The molecule has 0 N–H and O–H groups in total. The van der Waals surface area contributed by atoms with Gasteiger partial charge in [0.05, 0.1) is 13.5 Å². The summed E-state index contributed by atoms with van der Waals surface area (Å²) < 4.78 is 4.91. The Morgan fingerprint density at radius 1 is 1.70 bits per heavy atom. The van der Waals surface area contributed by atoms with Crippen molar-refractivity contribution >= 4 is 5.71 Å². The molecule has 0 radical (unpaired) electrons. The molecule has 0 amide bonds. The van der Waals surface area contributed by atoms with E-state index in [1.165, 1.54) is 0 Å². The molecule has 0 heterocycles. The summed E-state index contributed by atoms with van der Waals surface area (Å²) in [7, 11) is 1.55. The Kier molecular flexibility index (Phi) is 2.03. The van der Waals surface area contributed by atoms with Crippen LogP contribution in [0, 0.1) is 0 Å². The molecule has 3 heteroatoms. The summed E-state index contributed by atoms with van der Waals surface area (Å²) in [6, 6.07) is 0. The predicted octanol–water partition coefficient (Wildman–Crippen LogP) is 1.15. The zero-order valence-electron chi connectivity index (χ0n) is 5.74. The highest BCUT2D eigenvalue weighted by molar-refractivity contribution is 5.96. The Labute approximate surface area is 59.2 Å². The SMILES string of the molecule is COC1=CC=CCC1=[N+]=[N-]. The van der Waals surface area contributed by atoms with Gasteiger partial charge in [0.15, 0.2) is 0 Å². The van der Waals surface area contributed by atoms with Gasteiger partial charge in [-0.25, -0.2) is 0 Å². The lowest BCUT2D eigenvalue weighted by Crippen LogP contribution is -2.06. The standard InChI is InChI=1S/C7H8N2O/c1-10-7-5-3-2-4-6(7)9-8/h2-3,5H,4H2,1H3. The molecule has 0 fully saturated rings. The van der Waals surface area contributed by atoms with Crippen molar-refractivity contribution in [2.75, 3.05) is 7.11 Å². The third-order valence-electron chi connectivity index (χ3n) is 1.32. The van der Waals surface area contributed by atoms with Crippen molar-refractivity contribution in [3.8, 4) is 0 Å². The van der Waals surface area contributed by atoms with Gasteiger partial charge in [0.25, 0.3) is 0 Å². The fraction of sp³-hybridized carbons (Fsp3) is 0.286. The summed E-state index contributed by atoms with van der Waals surface area (Å²) in [5.41, 5.74) is 9.00. The van der Waals surface area contributed by atoms with Gasteiger partial charge in [-0.1, -0.05) is 12.2 Å². The van der Waals surface area contributed by atoms with Crippen molar-refractivity contribution in [2.24, 2.45) is 0 Å². The maximum atomic E-state index is 8.43. The number of hydrogen-bond acceptors (Lipinski definition) is 1. The second-order valence-corrected chi connectivity index (χ2v) is 1.91. The minimum absolute atomic E-state index is 0.574. The highest BCUT2D eigenvalue weighted by Gasteiger charge is 2.15. The quantitative estimate of drug-likeness (QED) is 0.394. The van der Waals surface area contributed by atoms with Crippen LogP contribution in [0.15, 0.2) is 24.0 Å². The van der Waals surface area contributed by atoms with Gasteiger partial charge in [0.1, 0.15) is 0 Å². The number of methoxy groups -OCH3 is 1. The molecule has 0 unspecified atom stereocenters. The van der Waals surface area contributed by atoms with Crippen LogP contribution in [0.5, 0.6) is 0 Å². The van der Waals surface area contributed by atoms with E-state index in [9.17, 15) is 0 Å². The molecule has 0 aliphatic heterocycles. The average Bonchev–Trinajstić information content (AvgIpc) is 2.04. The topological polar surface area (TPSA) is 45.6 Å². The molecule has 1 aliphatic rings. The predicted molar refractivity (Wildman–Crippen MR) is 37.5 cm³/mol. The first kappa shape index (κ1) is 6.78. The first-order valence-corrected chi connectivity index (χ1v) is 3.00. The molecule has 0 aromatic carbocycles. The minimum Gasteiger partial charge on any atom is -0.490 e. The number of allylic oxidation sites excluding steroid dienone is 4. The first-order valence-electron chi connectivity index (χ1n) is 3.00. The molecule has 52 valence electrons. The van der Waals surface area contributed by atoms with E-state index in [1.807, 2.05) is 12.2 Å². The van der Waals surface area contributed by atoms with E-state index < -0.39 is 0 Å². The normalized spacial score (nSPS) is 16.1. The van der Waals surface area contributed by atoms with Gasteiger partial charge in [0, 0.05) is 0 Å². The third-order valence-corrected chi connectivity index (χ3v) is 1.32. The van der Waals surface area contributed by atoms with E-state index in [-0.39, 0.29) is 0 Å². The lowest BCUT2D eigenvalue weighted by molar-refractivity contribution is -0.0108. The fourth-order valence-corrected chi connectivity index (χ4v) is 0.808. The third kappa shape index (κ3) is 1.14. The van der Waals surface area contributed by atoms with Crippen molar-refractivity contribution in [2.45, 2.75) is 6.42 Å². The number of rotatable bonds is 1. The van der Waals surface area contributed by atoms with Gasteiger partial charge in [-0.05, 0) is 6.08 Å². The Bertz CT molecular complexity index is 234. The zero-order chi connectivity index (χ0) is 7.40. The van der Waals surface area contributed by atoms with Gasteiger partial charge in [-0.2, -0.15) is 4.79 Å². The van der Waals surface area contributed by atoms with E-state index >= 15 is 0 Å². The van der Waals surface area contributed by atoms with Crippen molar-refractivity contribution in [3.63, 3.8) is 0 Å². The molecule has 0 atom stereocenters. The Morgan fingerprint density at radius 3 is 3.00 bits per heavy atom.